The van der Waals surface area contributed by atoms with E-state index in [1.807, 2.05) is 12.2 Å². The first-order chi connectivity index (χ1) is 49.8. The molecular weight excluding hydrogens is 1300 g/mol. The fourth-order valence-corrected chi connectivity index (χ4v) is 12.1. The summed E-state index contributed by atoms with van der Waals surface area (Å²) in [5, 5.41) is 121. The number of aliphatic hydroxyl groups excluding tert-OH is 11. The summed E-state index contributed by atoms with van der Waals surface area (Å²) >= 11 is 0. The van der Waals surface area contributed by atoms with E-state index >= 15 is 0 Å². The van der Waals surface area contributed by atoms with Crippen molar-refractivity contribution in [1.29, 1.82) is 0 Å². The minimum absolute atomic E-state index is 0.142. The van der Waals surface area contributed by atoms with Gasteiger partial charge in [0.1, 0.15) is 73.2 Å². The molecule has 19 heteroatoms. The van der Waals surface area contributed by atoms with Crippen molar-refractivity contribution in [2.75, 3.05) is 26.4 Å². The molecule has 0 spiro atoms. The maximum atomic E-state index is 13.4. The van der Waals surface area contributed by atoms with Crippen molar-refractivity contribution in [3.8, 4) is 0 Å². The van der Waals surface area contributed by atoms with Gasteiger partial charge in [-0.1, -0.05) is 269 Å². The number of hydrogen-bond donors (Lipinski definition) is 12. The summed E-state index contributed by atoms with van der Waals surface area (Å²) in [4.78, 5) is 13.4. The Morgan fingerprint density at radius 3 is 1.10 bits per heavy atom. The van der Waals surface area contributed by atoms with Crippen LogP contribution >= 0.6 is 0 Å². The van der Waals surface area contributed by atoms with Gasteiger partial charge in [0.15, 0.2) is 18.9 Å². The van der Waals surface area contributed by atoms with Crippen LogP contribution in [0.1, 0.15) is 239 Å². The van der Waals surface area contributed by atoms with Crippen LogP contribution in [0.25, 0.3) is 0 Å². The second kappa shape index (κ2) is 61.8. The van der Waals surface area contributed by atoms with Crippen LogP contribution in [0, 0.1) is 0 Å². The van der Waals surface area contributed by atoms with E-state index in [-0.39, 0.29) is 12.3 Å². The van der Waals surface area contributed by atoms with Gasteiger partial charge in [0, 0.05) is 6.42 Å². The van der Waals surface area contributed by atoms with E-state index < -0.39 is 131 Å². The molecule has 3 rings (SSSR count). The molecule has 17 unspecified atom stereocenters. The maximum absolute atomic E-state index is 13.4. The lowest BCUT2D eigenvalue weighted by Crippen LogP contribution is -2.66. The molecule has 3 aliphatic rings. The molecule has 0 saturated carbocycles. The van der Waals surface area contributed by atoms with Crippen LogP contribution in [-0.4, -0.2) is 193 Å². The standard InChI is InChI=1S/C83H137NO18/c1-3-5-7-9-11-13-15-17-19-21-23-25-27-29-31-33-35-37-39-41-43-45-47-49-51-53-55-57-59-61-71(89)84-66(67(88)60-58-56-54-52-50-48-46-44-42-40-38-36-34-32-30-28-26-24-22-20-18-16-14-12-10-8-6-4-2)65-97-81-77(95)74(92)79(69(63-86)99-81)102-83-78(96)75(93)80(70(64-87)100-83)101-82-76(94)73(91)72(90)68(62-85)98-82/h5,7,11,13,17,19,23,25,29,31,35,37,41-44,47,49-50,52-53,55,58,60,66-70,72-83,85-88,90-96H,3-4,6,8-10,12,14-16,18,20-22,24,26-28,30,32-34,36,38-40,45-46,48,51,54,56-57,59,61-65H2,1-2H3,(H,84,89)/b7-5-,13-11-,19-17-,25-23-,31-29-,37-35-,43-41-,44-42+,49-47-,52-50+,55-53-,60-58+. The molecule has 0 aromatic heterocycles. The predicted octanol–water partition coefficient (Wildman–Crippen LogP) is 12.7. The van der Waals surface area contributed by atoms with Crippen LogP contribution in [0.15, 0.2) is 146 Å². The van der Waals surface area contributed by atoms with Gasteiger partial charge >= 0.3 is 0 Å². The second-order valence-electron chi connectivity index (χ2n) is 27.1. The number of rotatable bonds is 59. The summed E-state index contributed by atoms with van der Waals surface area (Å²) < 4.78 is 34.4. The SMILES string of the molecule is CC/C=C\C/C=C\C/C=C\C/C=C\C/C=C\C/C=C\C/C=C\C/C=C\C/C=C\CCCC(=O)NC(COC1OC(CO)C(OC2OC(CO)C(OC3OC(CO)C(O)C(O)C3O)C(O)C2O)C(O)C1O)C(O)/C=C/CC/C=C/CC/C=C/CCCCCCCCCCCCCCCCCCCC. The molecule has 3 heterocycles. The highest BCUT2D eigenvalue weighted by atomic mass is 16.8. The van der Waals surface area contributed by atoms with E-state index in [1.165, 1.54) is 116 Å². The van der Waals surface area contributed by atoms with E-state index in [0.717, 1.165) is 83.5 Å². The third-order valence-electron chi connectivity index (χ3n) is 18.3. The Morgan fingerprint density at radius 2 is 0.686 bits per heavy atom. The zero-order valence-electron chi connectivity index (χ0n) is 62.0. The lowest BCUT2D eigenvalue weighted by atomic mass is 9.96. The highest BCUT2D eigenvalue weighted by Crippen LogP contribution is 2.33. The fourth-order valence-electron chi connectivity index (χ4n) is 12.1. The largest absolute Gasteiger partial charge is 0.394 e. The number of ether oxygens (including phenoxy) is 6. The summed E-state index contributed by atoms with van der Waals surface area (Å²) in [5.74, 6) is -0.352. The lowest BCUT2D eigenvalue weighted by molar-refractivity contribution is -0.379. The van der Waals surface area contributed by atoms with Gasteiger partial charge in [-0.15, -0.1) is 0 Å². The number of carbonyl (C=O) groups is 1. The summed E-state index contributed by atoms with van der Waals surface area (Å²) in [6.07, 6.45) is 62.6. The average Bonchev–Trinajstić information content (AvgIpc) is 0.766. The fraction of sp³-hybridized carbons (Fsp3) is 0.699. The zero-order valence-corrected chi connectivity index (χ0v) is 62.0. The minimum Gasteiger partial charge on any atom is -0.394 e. The normalized spacial score (nSPS) is 27.0. The topological polar surface area (TPSA) is 307 Å². The van der Waals surface area contributed by atoms with Crippen molar-refractivity contribution in [3.63, 3.8) is 0 Å². The Bertz CT molecular complexity index is 2410. The van der Waals surface area contributed by atoms with Crippen molar-refractivity contribution < 1.29 is 89.4 Å². The summed E-state index contributed by atoms with van der Waals surface area (Å²) in [6, 6.07) is -1.04. The van der Waals surface area contributed by atoms with Gasteiger partial charge in [0.25, 0.3) is 0 Å². The number of hydrogen-bond acceptors (Lipinski definition) is 18. The number of amides is 1. The number of carbonyl (C=O) groups excluding carboxylic acids is 1. The van der Waals surface area contributed by atoms with Gasteiger partial charge in [-0.05, 0) is 109 Å². The molecule has 19 nitrogen and oxygen atoms in total. The Kier molecular flexibility index (Phi) is 55.7. The number of nitrogens with one attached hydrogen (secondary N) is 1. The first-order valence-corrected chi connectivity index (χ1v) is 39.1. The van der Waals surface area contributed by atoms with E-state index in [4.69, 9.17) is 28.4 Å². The van der Waals surface area contributed by atoms with E-state index in [2.05, 4.69) is 147 Å². The van der Waals surface area contributed by atoms with Crippen LogP contribution in [-0.2, 0) is 33.2 Å². The third kappa shape index (κ3) is 41.5. The van der Waals surface area contributed by atoms with Crippen LogP contribution in [0.5, 0.6) is 0 Å². The van der Waals surface area contributed by atoms with E-state index in [1.54, 1.807) is 6.08 Å². The van der Waals surface area contributed by atoms with Gasteiger partial charge < -0.3 is 89.9 Å². The quantitative estimate of drug-likeness (QED) is 0.0199. The maximum Gasteiger partial charge on any atom is 0.220 e. The smallest absolute Gasteiger partial charge is 0.220 e. The molecule has 0 bridgehead atoms. The van der Waals surface area contributed by atoms with Crippen LogP contribution in [0.4, 0.5) is 0 Å². The van der Waals surface area contributed by atoms with Gasteiger partial charge in [-0.3, -0.25) is 4.79 Å². The van der Waals surface area contributed by atoms with Gasteiger partial charge in [-0.25, -0.2) is 0 Å². The Balaban J connectivity index is 1.44. The van der Waals surface area contributed by atoms with Crippen molar-refractivity contribution in [1.82, 2.24) is 5.32 Å². The monoisotopic (exact) mass is 1440 g/mol. The van der Waals surface area contributed by atoms with Crippen molar-refractivity contribution in [2.24, 2.45) is 0 Å². The first-order valence-electron chi connectivity index (χ1n) is 39.1. The molecule has 102 heavy (non-hydrogen) atoms. The van der Waals surface area contributed by atoms with Gasteiger partial charge in [-0.2, -0.15) is 0 Å². The Labute approximate surface area is 613 Å². The summed E-state index contributed by atoms with van der Waals surface area (Å²) in [7, 11) is 0. The summed E-state index contributed by atoms with van der Waals surface area (Å²) in [5.41, 5.74) is 0. The second-order valence-corrected chi connectivity index (χ2v) is 27.1. The minimum atomic E-state index is -2.00. The molecule has 3 fully saturated rings. The molecule has 0 aromatic carbocycles. The summed E-state index contributed by atoms with van der Waals surface area (Å²) in [6.45, 7) is 1.55. The average molecular weight is 1440 g/mol. The molecule has 17 atom stereocenters. The molecule has 3 aliphatic heterocycles. The Morgan fingerprint density at radius 1 is 0.363 bits per heavy atom. The lowest BCUT2D eigenvalue weighted by Gasteiger charge is -2.48. The van der Waals surface area contributed by atoms with Gasteiger partial charge in [0.05, 0.1) is 38.6 Å². The van der Waals surface area contributed by atoms with Gasteiger partial charge in [0.2, 0.25) is 5.91 Å². The van der Waals surface area contributed by atoms with E-state index in [9.17, 15) is 61.0 Å². The highest BCUT2D eigenvalue weighted by molar-refractivity contribution is 5.76. The van der Waals surface area contributed by atoms with Crippen molar-refractivity contribution in [3.05, 3.63) is 146 Å². The van der Waals surface area contributed by atoms with Crippen LogP contribution in [0.2, 0.25) is 0 Å². The third-order valence-corrected chi connectivity index (χ3v) is 18.3. The molecule has 0 aromatic rings. The number of unbranched alkanes of at least 4 members (excludes halogenated alkanes) is 21. The number of allylic oxidation sites excluding steroid dienone is 23. The highest BCUT2D eigenvalue weighted by Gasteiger charge is 2.53. The molecule has 3 saturated heterocycles. The van der Waals surface area contributed by atoms with Crippen LogP contribution in [0.3, 0.4) is 0 Å². The van der Waals surface area contributed by atoms with Crippen molar-refractivity contribution >= 4 is 5.91 Å². The Hall–Kier alpha value is -4.33. The molecule has 1 amide bonds. The van der Waals surface area contributed by atoms with E-state index in [0.29, 0.717) is 19.3 Å². The first kappa shape index (κ1) is 91.9. The molecule has 12 N–H and O–H groups in total. The molecule has 0 aliphatic carbocycles. The zero-order chi connectivity index (χ0) is 73.9. The molecule has 0 radical (unpaired) electrons. The number of aliphatic hydroxyl groups is 11. The molecule has 582 valence electrons. The van der Waals surface area contributed by atoms with Crippen molar-refractivity contribution in [2.45, 2.75) is 343 Å². The predicted molar refractivity (Wildman–Crippen MR) is 406 cm³/mol. The van der Waals surface area contributed by atoms with Crippen LogP contribution < -0.4 is 5.32 Å². The molecular formula is C83H137NO18.